The van der Waals surface area contributed by atoms with Crippen molar-refractivity contribution >= 4 is 11.1 Å². The zero-order valence-electron chi connectivity index (χ0n) is 9.77. The Hall–Kier alpha value is -2.43. The third-order valence-electron chi connectivity index (χ3n) is 2.58. The van der Waals surface area contributed by atoms with Crippen LogP contribution in [-0.4, -0.2) is 4.98 Å². The molecule has 1 heterocycles. The fraction of sp³-hybridized carbons (Fsp3) is 0.0714. The third kappa shape index (κ3) is 2.40. The molecule has 0 saturated heterocycles. The smallest absolute Gasteiger partial charge is 0.233 e. The van der Waals surface area contributed by atoms with Crippen LogP contribution in [-0.2, 0) is 6.61 Å². The van der Waals surface area contributed by atoms with E-state index in [1.807, 2.05) is 12.1 Å². The maximum Gasteiger partial charge on any atom is 0.233 e. The first kappa shape index (κ1) is 11.6. The minimum absolute atomic E-state index is 0.0166. The lowest BCUT2D eigenvalue weighted by Crippen LogP contribution is -1.97. The Morgan fingerprint density at radius 3 is 2.74 bits per heavy atom. The minimum atomic E-state index is -0.754. The van der Waals surface area contributed by atoms with Gasteiger partial charge in [0.2, 0.25) is 5.89 Å². The number of oxazole rings is 1. The Labute approximate surface area is 107 Å². The predicted octanol–water partition coefficient (Wildman–Crippen LogP) is 3.69. The van der Waals surface area contributed by atoms with E-state index < -0.39 is 11.6 Å². The van der Waals surface area contributed by atoms with Gasteiger partial charge in [-0.05, 0) is 24.3 Å². The van der Waals surface area contributed by atoms with Gasteiger partial charge in [0.15, 0.2) is 23.8 Å². The van der Waals surface area contributed by atoms with Gasteiger partial charge in [-0.1, -0.05) is 12.1 Å². The normalized spacial score (nSPS) is 10.8. The molecule has 0 fully saturated rings. The zero-order valence-corrected chi connectivity index (χ0v) is 9.77. The molecule has 0 aliphatic rings. The highest BCUT2D eigenvalue weighted by molar-refractivity contribution is 5.72. The van der Waals surface area contributed by atoms with Gasteiger partial charge in [-0.3, -0.25) is 0 Å². The van der Waals surface area contributed by atoms with Crippen LogP contribution in [0.2, 0.25) is 0 Å². The number of hydrogen-bond donors (Lipinski definition) is 0. The number of aromatic nitrogens is 1. The Bertz CT molecular complexity index is 691. The second-order valence-corrected chi connectivity index (χ2v) is 3.94. The molecule has 3 aromatic rings. The van der Waals surface area contributed by atoms with Gasteiger partial charge in [0, 0.05) is 6.07 Å². The molecule has 0 spiro atoms. The molecule has 0 amide bonds. The Balaban J connectivity index is 1.78. The maximum absolute atomic E-state index is 13.3. The maximum atomic E-state index is 13.3. The molecule has 96 valence electrons. The van der Waals surface area contributed by atoms with Crippen LogP contribution >= 0.6 is 0 Å². The summed E-state index contributed by atoms with van der Waals surface area (Å²) in [6, 6.07) is 10.4. The molecule has 0 radical (unpaired) electrons. The van der Waals surface area contributed by atoms with Crippen LogP contribution in [0.4, 0.5) is 8.78 Å². The zero-order chi connectivity index (χ0) is 13.2. The first-order valence-corrected chi connectivity index (χ1v) is 5.65. The van der Waals surface area contributed by atoms with Gasteiger partial charge in [0.25, 0.3) is 0 Å². The van der Waals surface area contributed by atoms with Crippen LogP contribution < -0.4 is 4.74 Å². The highest BCUT2D eigenvalue weighted by Crippen LogP contribution is 2.20. The molecule has 5 heteroatoms. The van der Waals surface area contributed by atoms with Crippen molar-refractivity contribution in [1.82, 2.24) is 4.98 Å². The molecule has 1 aromatic heterocycles. The van der Waals surface area contributed by atoms with Crippen molar-refractivity contribution in [3.8, 4) is 5.75 Å². The summed E-state index contributed by atoms with van der Waals surface area (Å²) in [6.45, 7) is -0.0166. The average molecular weight is 261 g/mol. The summed E-state index contributed by atoms with van der Waals surface area (Å²) in [4.78, 5) is 4.19. The lowest BCUT2D eigenvalue weighted by Gasteiger charge is -2.04. The van der Waals surface area contributed by atoms with Crippen LogP contribution in [0, 0.1) is 11.6 Å². The molecular formula is C14H9F2NO2. The van der Waals surface area contributed by atoms with E-state index >= 15 is 0 Å². The summed E-state index contributed by atoms with van der Waals surface area (Å²) in [7, 11) is 0. The lowest BCUT2D eigenvalue weighted by atomic mass is 10.3. The van der Waals surface area contributed by atoms with Crippen molar-refractivity contribution in [3.63, 3.8) is 0 Å². The van der Waals surface area contributed by atoms with Crippen molar-refractivity contribution in [1.29, 1.82) is 0 Å². The highest BCUT2D eigenvalue weighted by Gasteiger charge is 2.08. The summed E-state index contributed by atoms with van der Waals surface area (Å²) in [5.74, 6) is -1.10. The van der Waals surface area contributed by atoms with E-state index in [0.717, 1.165) is 12.1 Å². The Kier molecular flexibility index (Phi) is 2.87. The van der Waals surface area contributed by atoms with Crippen LogP contribution in [0.3, 0.4) is 0 Å². The number of para-hydroxylation sites is 2. The lowest BCUT2D eigenvalue weighted by molar-refractivity contribution is 0.255. The van der Waals surface area contributed by atoms with Crippen molar-refractivity contribution in [2.24, 2.45) is 0 Å². The number of ether oxygens (including phenoxy) is 1. The van der Waals surface area contributed by atoms with Gasteiger partial charge in [-0.15, -0.1) is 0 Å². The summed E-state index contributed by atoms with van der Waals surface area (Å²) in [5.41, 5.74) is 1.35. The molecule has 0 aliphatic carbocycles. The number of nitrogens with zero attached hydrogens (tertiary/aromatic N) is 1. The molecule has 19 heavy (non-hydrogen) atoms. The monoisotopic (exact) mass is 261 g/mol. The van der Waals surface area contributed by atoms with Crippen LogP contribution in [0.1, 0.15) is 5.89 Å². The van der Waals surface area contributed by atoms with Crippen LogP contribution in [0.15, 0.2) is 46.9 Å². The topological polar surface area (TPSA) is 35.3 Å². The SMILES string of the molecule is Fc1ccc(OCc2nc3ccccc3o2)c(F)c1. The van der Waals surface area contributed by atoms with Gasteiger partial charge in [-0.25, -0.2) is 13.8 Å². The first-order valence-electron chi connectivity index (χ1n) is 5.65. The molecule has 0 aliphatic heterocycles. The molecule has 0 unspecified atom stereocenters. The van der Waals surface area contributed by atoms with E-state index in [1.54, 1.807) is 12.1 Å². The average Bonchev–Trinajstić information content (AvgIpc) is 2.80. The number of fused-ring (bicyclic) bond motifs is 1. The van der Waals surface area contributed by atoms with E-state index in [-0.39, 0.29) is 12.4 Å². The van der Waals surface area contributed by atoms with E-state index in [1.165, 1.54) is 6.07 Å². The number of benzene rings is 2. The Morgan fingerprint density at radius 1 is 1.11 bits per heavy atom. The van der Waals surface area contributed by atoms with Gasteiger partial charge in [0.1, 0.15) is 11.3 Å². The largest absolute Gasteiger partial charge is 0.481 e. The molecule has 0 atom stereocenters. The molecule has 2 aromatic carbocycles. The van der Waals surface area contributed by atoms with Gasteiger partial charge < -0.3 is 9.15 Å². The number of halogens is 2. The second kappa shape index (κ2) is 4.68. The van der Waals surface area contributed by atoms with Crippen molar-refractivity contribution in [2.75, 3.05) is 0 Å². The van der Waals surface area contributed by atoms with E-state index in [2.05, 4.69) is 4.98 Å². The predicted molar refractivity (Wildman–Crippen MR) is 64.7 cm³/mol. The van der Waals surface area contributed by atoms with Gasteiger partial charge in [0.05, 0.1) is 0 Å². The van der Waals surface area contributed by atoms with Crippen LogP contribution in [0.25, 0.3) is 11.1 Å². The van der Waals surface area contributed by atoms with Crippen molar-refractivity contribution < 1.29 is 17.9 Å². The van der Waals surface area contributed by atoms with Gasteiger partial charge in [-0.2, -0.15) is 0 Å². The fourth-order valence-corrected chi connectivity index (χ4v) is 1.71. The molecular weight excluding hydrogens is 252 g/mol. The summed E-state index contributed by atoms with van der Waals surface area (Å²) < 4.78 is 36.7. The minimum Gasteiger partial charge on any atom is -0.481 e. The quantitative estimate of drug-likeness (QED) is 0.721. The summed E-state index contributed by atoms with van der Waals surface area (Å²) in [5, 5.41) is 0. The van der Waals surface area contributed by atoms with E-state index in [0.29, 0.717) is 17.0 Å². The van der Waals surface area contributed by atoms with E-state index in [4.69, 9.17) is 9.15 Å². The molecule has 0 bridgehead atoms. The molecule has 3 rings (SSSR count). The second-order valence-electron chi connectivity index (χ2n) is 3.94. The molecule has 0 N–H and O–H groups in total. The molecule has 0 saturated carbocycles. The third-order valence-corrected chi connectivity index (χ3v) is 2.58. The summed E-state index contributed by atoms with van der Waals surface area (Å²) >= 11 is 0. The number of rotatable bonds is 3. The highest BCUT2D eigenvalue weighted by atomic mass is 19.1. The summed E-state index contributed by atoms with van der Waals surface area (Å²) in [6.07, 6.45) is 0. The number of hydrogen-bond acceptors (Lipinski definition) is 3. The van der Waals surface area contributed by atoms with Crippen LogP contribution in [0.5, 0.6) is 5.75 Å². The van der Waals surface area contributed by atoms with Gasteiger partial charge >= 0.3 is 0 Å². The fourth-order valence-electron chi connectivity index (χ4n) is 1.71. The molecule has 3 nitrogen and oxygen atoms in total. The first-order chi connectivity index (χ1) is 9.22. The Morgan fingerprint density at radius 2 is 1.95 bits per heavy atom. The van der Waals surface area contributed by atoms with E-state index in [9.17, 15) is 8.78 Å². The van der Waals surface area contributed by atoms with Crippen molar-refractivity contribution in [3.05, 3.63) is 60.0 Å². The standard InChI is InChI=1S/C14H9F2NO2/c15-9-5-6-12(10(16)7-9)18-8-14-17-11-3-1-2-4-13(11)19-14/h1-7H,8H2. The van der Waals surface area contributed by atoms with Crippen molar-refractivity contribution in [2.45, 2.75) is 6.61 Å².